The predicted octanol–water partition coefficient (Wildman–Crippen LogP) is 6.11. The van der Waals surface area contributed by atoms with Crippen LogP contribution in [0.15, 0.2) is 97.2 Å². The molecule has 138 valence electrons. The van der Waals surface area contributed by atoms with Gasteiger partial charge >= 0.3 is 0 Å². The highest BCUT2D eigenvalue weighted by molar-refractivity contribution is 6.30. The largest absolute Gasteiger partial charge is 0.342 e. The number of hydrogen-bond donors (Lipinski definition) is 1. The maximum atomic E-state index is 13.0. The second kappa shape index (κ2) is 8.15. The van der Waals surface area contributed by atoms with Crippen LogP contribution in [0.2, 0.25) is 5.02 Å². The highest BCUT2D eigenvalue weighted by Gasteiger charge is 2.18. The monoisotopic (exact) mass is 386 g/mol. The fraction of sp³-hybridized carbons (Fsp3) is 0.0417. The van der Waals surface area contributed by atoms with Crippen LogP contribution < -0.4 is 5.32 Å². The van der Waals surface area contributed by atoms with Crippen molar-refractivity contribution in [2.24, 2.45) is 0 Å². The fourth-order valence-electron chi connectivity index (χ4n) is 3.22. The van der Waals surface area contributed by atoms with E-state index in [1.54, 1.807) is 24.3 Å². The van der Waals surface area contributed by atoms with Crippen LogP contribution in [0.5, 0.6) is 0 Å². The van der Waals surface area contributed by atoms with E-state index in [1.807, 2.05) is 60.8 Å². The lowest BCUT2D eigenvalue weighted by atomic mass is 10.1. The molecule has 0 spiro atoms. The van der Waals surface area contributed by atoms with Crippen molar-refractivity contribution < 1.29 is 4.79 Å². The van der Waals surface area contributed by atoms with Crippen molar-refractivity contribution in [3.05, 3.63) is 113 Å². The molecule has 28 heavy (non-hydrogen) atoms. The molecular weight excluding hydrogens is 368 g/mol. The van der Waals surface area contributed by atoms with Gasteiger partial charge in [0.15, 0.2) is 0 Å². The molecule has 0 saturated carbocycles. The molecule has 1 aromatic heterocycles. The summed E-state index contributed by atoms with van der Waals surface area (Å²) in [5, 5.41) is 3.60. The lowest BCUT2D eigenvalue weighted by Gasteiger charge is -2.13. The number of halogens is 1. The molecule has 4 heteroatoms. The first kappa shape index (κ1) is 18.1. The van der Waals surface area contributed by atoms with E-state index in [-0.39, 0.29) is 5.91 Å². The molecular formula is C24H19ClN2O. The Balaban J connectivity index is 1.70. The smallest absolute Gasteiger partial charge is 0.257 e. The number of nitrogens with zero attached hydrogens (tertiary/aromatic N) is 1. The minimum atomic E-state index is -0.145. The van der Waals surface area contributed by atoms with Gasteiger partial charge in [0.2, 0.25) is 0 Å². The molecule has 0 aliphatic heterocycles. The Hall–Kier alpha value is -3.30. The lowest BCUT2D eigenvalue weighted by molar-refractivity contribution is 0.102. The number of aromatic nitrogens is 1. The van der Waals surface area contributed by atoms with Crippen molar-refractivity contribution in [1.29, 1.82) is 0 Å². The number of anilines is 1. The van der Waals surface area contributed by atoms with Gasteiger partial charge in [-0.05, 0) is 41.5 Å². The SMILES string of the molecule is O=C(Nc1ccc(Cl)cc1)c1ccn(Cc2ccccc2)c1-c1ccccc1. The van der Waals surface area contributed by atoms with E-state index in [0.29, 0.717) is 22.8 Å². The number of rotatable bonds is 5. The molecule has 0 atom stereocenters. The van der Waals surface area contributed by atoms with Crippen molar-refractivity contribution >= 4 is 23.2 Å². The summed E-state index contributed by atoms with van der Waals surface area (Å²) in [6.45, 7) is 0.694. The van der Waals surface area contributed by atoms with Gasteiger partial charge in [0.1, 0.15) is 0 Å². The van der Waals surface area contributed by atoms with Crippen molar-refractivity contribution in [3.8, 4) is 11.3 Å². The van der Waals surface area contributed by atoms with Crippen molar-refractivity contribution in [1.82, 2.24) is 4.57 Å². The van der Waals surface area contributed by atoms with E-state index in [1.165, 1.54) is 5.56 Å². The van der Waals surface area contributed by atoms with Crippen LogP contribution in [0.3, 0.4) is 0 Å². The van der Waals surface area contributed by atoms with Crippen LogP contribution in [-0.2, 0) is 6.54 Å². The van der Waals surface area contributed by atoms with Crippen LogP contribution in [0.25, 0.3) is 11.3 Å². The van der Waals surface area contributed by atoms with Crippen LogP contribution >= 0.6 is 11.6 Å². The fourth-order valence-corrected chi connectivity index (χ4v) is 3.34. The summed E-state index contributed by atoms with van der Waals surface area (Å²) < 4.78 is 2.11. The first-order valence-electron chi connectivity index (χ1n) is 9.06. The summed E-state index contributed by atoms with van der Waals surface area (Å²) in [4.78, 5) is 13.0. The van der Waals surface area contributed by atoms with E-state index in [9.17, 15) is 4.79 Å². The third kappa shape index (κ3) is 4.00. The first-order chi connectivity index (χ1) is 13.7. The van der Waals surface area contributed by atoms with E-state index < -0.39 is 0 Å². The average molecular weight is 387 g/mol. The minimum absolute atomic E-state index is 0.145. The molecule has 1 N–H and O–H groups in total. The first-order valence-corrected chi connectivity index (χ1v) is 9.44. The zero-order valence-corrected chi connectivity index (χ0v) is 15.9. The Morgan fingerprint density at radius 1 is 0.821 bits per heavy atom. The van der Waals surface area contributed by atoms with Gasteiger partial charge in [-0.3, -0.25) is 4.79 Å². The standard InChI is InChI=1S/C24H19ClN2O/c25-20-11-13-21(14-12-20)26-24(28)22-15-16-27(17-18-7-3-1-4-8-18)23(22)19-9-5-2-6-10-19/h1-16H,17H2,(H,26,28). The minimum Gasteiger partial charge on any atom is -0.342 e. The molecule has 4 aromatic rings. The second-order valence-corrected chi connectivity index (χ2v) is 6.95. The van der Waals surface area contributed by atoms with Gasteiger partial charge in [0, 0.05) is 23.5 Å². The Morgan fingerprint density at radius 2 is 1.46 bits per heavy atom. The second-order valence-electron chi connectivity index (χ2n) is 6.52. The number of hydrogen-bond acceptors (Lipinski definition) is 1. The summed E-state index contributed by atoms with van der Waals surface area (Å²) in [5.41, 5.74) is 4.43. The summed E-state index contributed by atoms with van der Waals surface area (Å²) in [6.07, 6.45) is 1.96. The summed E-state index contributed by atoms with van der Waals surface area (Å²) in [6, 6.07) is 29.2. The Labute approximate surface area is 169 Å². The highest BCUT2D eigenvalue weighted by Crippen LogP contribution is 2.27. The topological polar surface area (TPSA) is 34.0 Å². The van der Waals surface area contributed by atoms with Gasteiger partial charge in [-0.2, -0.15) is 0 Å². The van der Waals surface area contributed by atoms with Gasteiger partial charge in [0.25, 0.3) is 5.91 Å². The molecule has 0 saturated heterocycles. The van der Waals surface area contributed by atoms with Crippen LogP contribution in [-0.4, -0.2) is 10.5 Å². The van der Waals surface area contributed by atoms with E-state index in [0.717, 1.165) is 11.3 Å². The molecule has 0 aliphatic rings. The number of benzene rings is 3. The van der Waals surface area contributed by atoms with Crippen molar-refractivity contribution in [2.75, 3.05) is 5.32 Å². The Kier molecular flexibility index (Phi) is 5.27. The van der Waals surface area contributed by atoms with Gasteiger partial charge < -0.3 is 9.88 Å². The third-order valence-corrected chi connectivity index (χ3v) is 4.81. The van der Waals surface area contributed by atoms with E-state index in [2.05, 4.69) is 22.0 Å². The quantitative estimate of drug-likeness (QED) is 0.441. The van der Waals surface area contributed by atoms with Gasteiger partial charge in [0.05, 0.1) is 11.3 Å². The Morgan fingerprint density at radius 3 is 2.14 bits per heavy atom. The molecule has 3 aromatic carbocycles. The molecule has 0 radical (unpaired) electrons. The molecule has 3 nitrogen and oxygen atoms in total. The van der Waals surface area contributed by atoms with Crippen LogP contribution in [0.4, 0.5) is 5.69 Å². The molecule has 0 fully saturated rings. The van der Waals surface area contributed by atoms with Gasteiger partial charge in [-0.25, -0.2) is 0 Å². The summed E-state index contributed by atoms with van der Waals surface area (Å²) >= 11 is 5.93. The van der Waals surface area contributed by atoms with Gasteiger partial charge in [-0.15, -0.1) is 0 Å². The number of carbonyl (C=O) groups is 1. The molecule has 0 aliphatic carbocycles. The highest BCUT2D eigenvalue weighted by atomic mass is 35.5. The molecule has 4 rings (SSSR count). The normalized spacial score (nSPS) is 10.6. The van der Waals surface area contributed by atoms with E-state index >= 15 is 0 Å². The van der Waals surface area contributed by atoms with Crippen LogP contribution in [0, 0.1) is 0 Å². The molecule has 1 amide bonds. The number of amides is 1. The summed E-state index contributed by atoms with van der Waals surface area (Å²) in [5.74, 6) is -0.145. The van der Waals surface area contributed by atoms with Gasteiger partial charge in [-0.1, -0.05) is 72.3 Å². The Bertz CT molecular complexity index is 1070. The zero-order chi connectivity index (χ0) is 19.3. The van der Waals surface area contributed by atoms with E-state index in [4.69, 9.17) is 11.6 Å². The number of nitrogens with one attached hydrogen (secondary N) is 1. The molecule has 0 bridgehead atoms. The maximum Gasteiger partial charge on any atom is 0.257 e. The third-order valence-electron chi connectivity index (χ3n) is 4.55. The summed E-state index contributed by atoms with van der Waals surface area (Å²) in [7, 11) is 0. The molecule has 0 unspecified atom stereocenters. The molecule has 1 heterocycles. The average Bonchev–Trinajstić information content (AvgIpc) is 3.15. The van der Waals surface area contributed by atoms with Crippen LogP contribution in [0.1, 0.15) is 15.9 Å². The van der Waals surface area contributed by atoms with Crippen molar-refractivity contribution in [2.45, 2.75) is 6.54 Å². The zero-order valence-electron chi connectivity index (χ0n) is 15.2. The van der Waals surface area contributed by atoms with Crippen molar-refractivity contribution in [3.63, 3.8) is 0 Å². The predicted molar refractivity (Wildman–Crippen MR) is 115 cm³/mol. The number of carbonyl (C=O) groups excluding carboxylic acids is 1. The maximum absolute atomic E-state index is 13.0. The lowest BCUT2D eigenvalue weighted by Crippen LogP contribution is -2.13.